The van der Waals surface area contributed by atoms with Crippen molar-refractivity contribution in [2.75, 3.05) is 5.32 Å². The van der Waals surface area contributed by atoms with Crippen LogP contribution in [0, 0.1) is 17.3 Å². The molecule has 2 aromatic carbocycles. The summed E-state index contributed by atoms with van der Waals surface area (Å²) in [4.78, 5) is 30.9. The highest BCUT2D eigenvalue weighted by Gasteiger charge is 2.60. The highest BCUT2D eigenvalue weighted by Crippen LogP contribution is 2.58. The van der Waals surface area contributed by atoms with Crippen molar-refractivity contribution in [3.63, 3.8) is 0 Å². The number of benzene rings is 2. The largest absolute Gasteiger partial charge is 0.362 e. The molecule has 3 saturated carbocycles. The summed E-state index contributed by atoms with van der Waals surface area (Å²) < 4.78 is 2.04. The Morgan fingerprint density at radius 2 is 1.97 bits per heavy atom. The first kappa shape index (κ1) is 20.3. The Kier molecular flexibility index (Phi) is 4.34. The molecule has 3 aliphatic carbocycles. The van der Waals surface area contributed by atoms with Crippen LogP contribution < -0.4 is 16.0 Å². The molecule has 1 spiro atoms. The lowest BCUT2D eigenvalue weighted by Crippen LogP contribution is -2.70. The van der Waals surface area contributed by atoms with E-state index in [1.165, 1.54) is 0 Å². The number of carbonyl (C=O) groups excluding carboxylic acids is 2. The molecule has 3 N–H and O–H groups in total. The smallest absolute Gasteiger partial charge is 0.255 e. The number of nitrogens with one attached hydrogen (secondary N) is 3. The van der Waals surface area contributed by atoms with Gasteiger partial charge >= 0.3 is 0 Å². The van der Waals surface area contributed by atoms with Gasteiger partial charge in [-0.05, 0) is 55.4 Å². The summed E-state index contributed by atoms with van der Waals surface area (Å²) in [5.74, 6) is 1.05. The van der Waals surface area contributed by atoms with Crippen LogP contribution in [0.2, 0.25) is 0 Å². The Balaban J connectivity index is 1.21. The maximum Gasteiger partial charge on any atom is 0.255 e. The average Bonchev–Trinajstić information content (AvgIpc) is 3.13. The second-order valence-electron chi connectivity index (χ2n) is 10.2. The number of nitrogens with zero attached hydrogens (tertiary/aromatic N) is 2. The Morgan fingerprint density at radius 1 is 1.18 bits per heavy atom. The molecule has 1 aromatic heterocycles. The molecule has 2 amide bonds. The maximum absolute atomic E-state index is 13.4. The van der Waals surface area contributed by atoms with Crippen molar-refractivity contribution in [1.29, 1.82) is 0 Å². The van der Waals surface area contributed by atoms with Gasteiger partial charge in [0.15, 0.2) is 0 Å². The summed E-state index contributed by atoms with van der Waals surface area (Å²) in [6.07, 6.45) is 3.50. The van der Waals surface area contributed by atoms with Crippen molar-refractivity contribution in [1.82, 2.24) is 20.2 Å². The Hall–Kier alpha value is -3.35. The second kappa shape index (κ2) is 7.07. The minimum atomic E-state index is -0.480. The molecular formula is C26H29N5O2. The standard InChI is InChI=1S/C26H29N5O2/c1-25-12-11-16(26(15-25)29-19-8-4-3-7-17(19)23(32)30-26)13-18(25)24(33)27-14-22-28-20-9-5-6-10-21(20)31(22)2/h3-10,16,18,29H,11-15H2,1-2H3,(H,27,33)(H,30,32)/t16-,18+,25-,26-/m0/s1. The molecule has 7 nitrogen and oxygen atoms in total. The molecule has 2 heterocycles. The SMILES string of the molecule is Cn1c(CNC(=O)[C@H]2C[C@@H]3CC[C@@]2(C)C[C@]32NC(=O)c3ccccc3N2)nc2ccccc21. The third kappa shape index (κ3) is 3.05. The lowest BCUT2D eigenvalue weighted by Gasteiger charge is -2.60. The zero-order chi connectivity index (χ0) is 22.8. The number of fused-ring (bicyclic) bond motifs is 4. The number of rotatable bonds is 3. The molecule has 0 saturated heterocycles. The highest BCUT2D eigenvalue weighted by molar-refractivity contribution is 6.02. The van der Waals surface area contributed by atoms with Gasteiger partial charge in [0, 0.05) is 24.6 Å². The van der Waals surface area contributed by atoms with Gasteiger partial charge in [-0.2, -0.15) is 0 Å². The maximum atomic E-state index is 13.4. The summed E-state index contributed by atoms with van der Waals surface area (Å²) >= 11 is 0. The van der Waals surface area contributed by atoms with Gasteiger partial charge in [-0.25, -0.2) is 4.98 Å². The molecule has 7 heteroatoms. The van der Waals surface area contributed by atoms with Crippen LogP contribution in [0.15, 0.2) is 48.5 Å². The highest BCUT2D eigenvalue weighted by atomic mass is 16.2. The van der Waals surface area contributed by atoms with E-state index >= 15 is 0 Å². The molecule has 3 fully saturated rings. The van der Waals surface area contributed by atoms with Gasteiger partial charge in [0.05, 0.1) is 23.1 Å². The summed E-state index contributed by atoms with van der Waals surface area (Å²) in [5.41, 5.74) is 2.91. The lowest BCUT2D eigenvalue weighted by molar-refractivity contribution is -0.139. The van der Waals surface area contributed by atoms with Crippen LogP contribution in [0.3, 0.4) is 0 Å². The fraction of sp³-hybridized carbons (Fsp3) is 0.423. The Bertz CT molecular complexity index is 1280. The minimum absolute atomic E-state index is 0.0247. The topological polar surface area (TPSA) is 88.0 Å². The molecule has 4 aliphatic rings. The van der Waals surface area contributed by atoms with Gasteiger partial charge in [0.2, 0.25) is 5.91 Å². The number of aryl methyl sites for hydroxylation is 1. The third-order valence-corrected chi connectivity index (χ3v) is 8.29. The van der Waals surface area contributed by atoms with Gasteiger partial charge in [-0.1, -0.05) is 31.2 Å². The first-order chi connectivity index (χ1) is 15.9. The number of amides is 2. The molecule has 7 rings (SSSR count). The number of aromatic nitrogens is 2. The van der Waals surface area contributed by atoms with Gasteiger partial charge in [0.1, 0.15) is 11.5 Å². The van der Waals surface area contributed by atoms with Crippen LogP contribution in [-0.4, -0.2) is 27.0 Å². The number of hydrogen-bond acceptors (Lipinski definition) is 4. The van der Waals surface area contributed by atoms with E-state index in [2.05, 4.69) is 27.9 Å². The fourth-order valence-electron chi connectivity index (χ4n) is 6.50. The molecule has 33 heavy (non-hydrogen) atoms. The average molecular weight is 444 g/mol. The van der Waals surface area contributed by atoms with E-state index in [0.717, 1.165) is 48.2 Å². The first-order valence-electron chi connectivity index (χ1n) is 11.8. The van der Waals surface area contributed by atoms with E-state index in [1.54, 1.807) is 0 Å². The summed E-state index contributed by atoms with van der Waals surface area (Å²) in [5, 5.41) is 10.1. The number of carbonyl (C=O) groups is 2. The van der Waals surface area contributed by atoms with E-state index in [4.69, 9.17) is 0 Å². The van der Waals surface area contributed by atoms with Crippen LogP contribution in [0.5, 0.6) is 0 Å². The zero-order valence-corrected chi connectivity index (χ0v) is 19.0. The van der Waals surface area contributed by atoms with E-state index in [9.17, 15) is 9.59 Å². The van der Waals surface area contributed by atoms with Crippen LogP contribution in [0.25, 0.3) is 11.0 Å². The van der Waals surface area contributed by atoms with E-state index in [1.807, 2.05) is 60.1 Å². The Morgan fingerprint density at radius 3 is 2.79 bits per heavy atom. The van der Waals surface area contributed by atoms with Crippen LogP contribution in [-0.2, 0) is 18.4 Å². The molecule has 4 atom stereocenters. The first-order valence-corrected chi connectivity index (χ1v) is 11.8. The van der Waals surface area contributed by atoms with E-state index in [0.29, 0.717) is 12.1 Å². The predicted octanol–water partition coefficient (Wildman–Crippen LogP) is 3.57. The van der Waals surface area contributed by atoms with Crippen molar-refractivity contribution in [3.05, 3.63) is 59.9 Å². The number of imidazole rings is 1. The van der Waals surface area contributed by atoms with Crippen molar-refractivity contribution in [2.45, 2.75) is 44.8 Å². The van der Waals surface area contributed by atoms with Crippen molar-refractivity contribution >= 4 is 28.5 Å². The van der Waals surface area contributed by atoms with E-state index in [-0.39, 0.29) is 29.1 Å². The molecule has 3 aromatic rings. The molecule has 0 unspecified atom stereocenters. The third-order valence-electron chi connectivity index (χ3n) is 8.29. The number of para-hydroxylation sites is 3. The Labute approximate surface area is 193 Å². The normalized spacial score (nSPS) is 30.1. The monoisotopic (exact) mass is 443 g/mol. The molecule has 2 bridgehead atoms. The number of hydrogen-bond donors (Lipinski definition) is 3. The van der Waals surface area contributed by atoms with Gasteiger partial charge in [0.25, 0.3) is 5.91 Å². The van der Waals surface area contributed by atoms with Gasteiger partial charge in [-0.3, -0.25) is 9.59 Å². The molecule has 0 radical (unpaired) electrons. The van der Waals surface area contributed by atoms with Crippen molar-refractivity contribution in [2.24, 2.45) is 24.3 Å². The molecule has 1 aliphatic heterocycles. The van der Waals surface area contributed by atoms with Gasteiger partial charge in [-0.15, -0.1) is 0 Å². The van der Waals surface area contributed by atoms with Crippen LogP contribution in [0.1, 0.15) is 48.8 Å². The fourth-order valence-corrected chi connectivity index (χ4v) is 6.50. The van der Waals surface area contributed by atoms with E-state index < -0.39 is 5.66 Å². The summed E-state index contributed by atoms with van der Waals surface area (Å²) in [6.45, 7) is 2.62. The van der Waals surface area contributed by atoms with Crippen LogP contribution >= 0.6 is 0 Å². The quantitative estimate of drug-likeness (QED) is 0.578. The second-order valence-corrected chi connectivity index (χ2v) is 10.2. The van der Waals surface area contributed by atoms with Gasteiger partial charge < -0.3 is 20.5 Å². The van der Waals surface area contributed by atoms with Crippen LogP contribution in [0.4, 0.5) is 5.69 Å². The molecule has 170 valence electrons. The lowest BCUT2D eigenvalue weighted by atomic mass is 9.51. The summed E-state index contributed by atoms with van der Waals surface area (Å²) in [6, 6.07) is 15.7. The zero-order valence-electron chi connectivity index (χ0n) is 19.0. The number of anilines is 1. The van der Waals surface area contributed by atoms with Crippen molar-refractivity contribution in [3.8, 4) is 0 Å². The summed E-state index contributed by atoms with van der Waals surface area (Å²) in [7, 11) is 1.99. The molecular weight excluding hydrogens is 414 g/mol. The predicted molar refractivity (Wildman–Crippen MR) is 126 cm³/mol. The minimum Gasteiger partial charge on any atom is -0.362 e. The van der Waals surface area contributed by atoms with Crippen molar-refractivity contribution < 1.29 is 9.59 Å².